The second-order valence-electron chi connectivity index (χ2n) is 5.35. The van der Waals surface area contributed by atoms with E-state index in [4.69, 9.17) is 4.74 Å². The van der Waals surface area contributed by atoms with Crippen LogP contribution in [0.4, 0.5) is 0 Å². The molecule has 0 saturated heterocycles. The maximum Gasteiger partial charge on any atom is 0.343 e. The lowest BCUT2D eigenvalue weighted by Gasteiger charge is -2.09. The molecule has 0 unspecified atom stereocenters. The topological polar surface area (TPSA) is 78.2 Å². The molecule has 0 fully saturated rings. The van der Waals surface area contributed by atoms with Gasteiger partial charge in [-0.3, -0.25) is 9.48 Å². The van der Waals surface area contributed by atoms with Crippen molar-refractivity contribution >= 4 is 11.9 Å². The molecule has 3 rings (SSSR count). The molecule has 0 spiro atoms. The molecule has 0 saturated carbocycles. The third kappa shape index (κ3) is 3.77. The van der Waals surface area contributed by atoms with Gasteiger partial charge in [-0.2, -0.15) is 5.10 Å². The third-order valence-electron chi connectivity index (χ3n) is 3.63. The van der Waals surface area contributed by atoms with E-state index in [-0.39, 0.29) is 19.1 Å². The van der Waals surface area contributed by atoms with E-state index in [2.05, 4.69) is 10.4 Å². The van der Waals surface area contributed by atoms with Gasteiger partial charge in [0.05, 0.1) is 12.7 Å². The predicted octanol–water partition coefficient (Wildman–Crippen LogP) is 1.80. The lowest BCUT2D eigenvalue weighted by molar-refractivity contribution is 0.0503. The van der Waals surface area contributed by atoms with Crippen LogP contribution in [0, 0.1) is 0 Å². The molecule has 0 atom stereocenters. The fraction of sp³-hybridized carbons (Fsp3) is 0.167. The van der Waals surface area contributed by atoms with Crippen LogP contribution in [0.5, 0.6) is 0 Å². The number of esters is 1. The second-order valence-corrected chi connectivity index (χ2v) is 5.35. The van der Waals surface area contributed by atoms with Gasteiger partial charge in [-0.05, 0) is 24.3 Å². The molecule has 25 heavy (non-hydrogen) atoms. The Morgan fingerprint density at radius 2 is 1.84 bits per heavy atom. The highest BCUT2D eigenvalue weighted by Crippen LogP contribution is 2.14. The summed E-state index contributed by atoms with van der Waals surface area (Å²) in [5.74, 6) is -0.0554. The molecule has 1 aromatic carbocycles. The summed E-state index contributed by atoms with van der Waals surface area (Å²) in [6.07, 6.45) is 5.13. The average Bonchev–Trinajstić information content (AvgIpc) is 3.28. The standard InChI is InChI=1S/C18H18N4O3/c1-21-17(22-10-5-6-11-22)15(13-20-21)18(24)25-12-9-19-16(23)14-7-3-2-4-8-14/h2-8,10-11,13H,9,12H2,1H3,(H,19,23). The summed E-state index contributed by atoms with van der Waals surface area (Å²) in [5.41, 5.74) is 0.934. The van der Waals surface area contributed by atoms with E-state index in [9.17, 15) is 9.59 Å². The normalized spacial score (nSPS) is 10.4. The van der Waals surface area contributed by atoms with Gasteiger partial charge in [-0.1, -0.05) is 18.2 Å². The van der Waals surface area contributed by atoms with Crippen molar-refractivity contribution in [2.75, 3.05) is 13.2 Å². The number of benzene rings is 1. The Kier molecular flexibility index (Phi) is 4.94. The molecule has 2 aromatic heterocycles. The van der Waals surface area contributed by atoms with Gasteiger partial charge >= 0.3 is 5.97 Å². The first kappa shape index (κ1) is 16.5. The number of rotatable bonds is 6. The highest BCUT2D eigenvalue weighted by molar-refractivity contribution is 5.94. The van der Waals surface area contributed by atoms with Crippen molar-refractivity contribution in [3.05, 3.63) is 72.2 Å². The number of amides is 1. The molecule has 0 aliphatic carbocycles. The maximum absolute atomic E-state index is 12.3. The number of hydrogen-bond donors (Lipinski definition) is 1. The first-order valence-electron chi connectivity index (χ1n) is 7.82. The zero-order valence-electron chi connectivity index (χ0n) is 13.8. The Bertz CT molecular complexity index is 854. The number of nitrogens with zero attached hydrogens (tertiary/aromatic N) is 3. The largest absolute Gasteiger partial charge is 0.460 e. The number of nitrogens with one attached hydrogen (secondary N) is 1. The van der Waals surface area contributed by atoms with E-state index in [1.165, 1.54) is 6.20 Å². The van der Waals surface area contributed by atoms with E-state index < -0.39 is 5.97 Å². The van der Waals surface area contributed by atoms with Crippen molar-refractivity contribution in [1.82, 2.24) is 19.7 Å². The quantitative estimate of drug-likeness (QED) is 0.549. The van der Waals surface area contributed by atoms with Crippen molar-refractivity contribution < 1.29 is 14.3 Å². The fourth-order valence-electron chi connectivity index (χ4n) is 2.43. The van der Waals surface area contributed by atoms with Gasteiger partial charge in [0.25, 0.3) is 5.91 Å². The van der Waals surface area contributed by atoms with Crippen LogP contribution in [-0.4, -0.2) is 39.4 Å². The van der Waals surface area contributed by atoms with Crippen LogP contribution >= 0.6 is 0 Å². The first-order valence-corrected chi connectivity index (χ1v) is 7.82. The summed E-state index contributed by atoms with van der Waals surface area (Å²) in [4.78, 5) is 24.2. The fourth-order valence-corrected chi connectivity index (χ4v) is 2.43. The Labute approximate surface area is 144 Å². The minimum absolute atomic E-state index is 0.0808. The zero-order valence-corrected chi connectivity index (χ0v) is 13.8. The van der Waals surface area contributed by atoms with Crippen molar-refractivity contribution in [3.8, 4) is 5.82 Å². The summed E-state index contributed by atoms with van der Waals surface area (Å²) in [5, 5.41) is 6.83. The average molecular weight is 338 g/mol. The van der Waals surface area contributed by atoms with Gasteiger partial charge in [-0.15, -0.1) is 0 Å². The van der Waals surface area contributed by atoms with Crippen LogP contribution in [0.2, 0.25) is 0 Å². The van der Waals surface area contributed by atoms with Crippen molar-refractivity contribution in [3.63, 3.8) is 0 Å². The SMILES string of the molecule is Cn1ncc(C(=O)OCCNC(=O)c2ccccc2)c1-n1cccc1. The molecule has 0 bridgehead atoms. The number of hydrogen-bond acceptors (Lipinski definition) is 4. The summed E-state index contributed by atoms with van der Waals surface area (Å²) >= 11 is 0. The summed E-state index contributed by atoms with van der Waals surface area (Å²) in [6, 6.07) is 12.6. The van der Waals surface area contributed by atoms with Gasteiger partial charge < -0.3 is 14.6 Å². The highest BCUT2D eigenvalue weighted by atomic mass is 16.5. The molecule has 0 aliphatic heterocycles. The smallest absolute Gasteiger partial charge is 0.343 e. The number of aromatic nitrogens is 3. The van der Waals surface area contributed by atoms with Crippen LogP contribution in [0.3, 0.4) is 0 Å². The molecule has 1 amide bonds. The minimum Gasteiger partial charge on any atom is -0.460 e. The third-order valence-corrected chi connectivity index (χ3v) is 3.63. The Balaban J connectivity index is 1.55. The first-order chi connectivity index (χ1) is 12.2. The number of carbonyl (C=O) groups excluding carboxylic acids is 2. The van der Waals surface area contributed by atoms with E-state index >= 15 is 0 Å². The van der Waals surface area contributed by atoms with E-state index in [1.807, 2.05) is 30.6 Å². The molecule has 7 heteroatoms. The predicted molar refractivity (Wildman–Crippen MR) is 91.6 cm³/mol. The van der Waals surface area contributed by atoms with Gasteiger partial charge in [0.2, 0.25) is 0 Å². The molecule has 3 aromatic rings. The van der Waals surface area contributed by atoms with E-state index in [0.717, 1.165) is 0 Å². The van der Waals surface area contributed by atoms with Crippen LogP contribution in [0.25, 0.3) is 5.82 Å². The summed E-state index contributed by atoms with van der Waals surface area (Å²) in [6.45, 7) is 0.315. The summed E-state index contributed by atoms with van der Waals surface area (Å²) < 4.78 is 8.64. The van der Waals surface area contributed by atoms with Crippen LogP contribution in [0.1, 0.15) is 20.7 Å². The number of carbonyl (C=O) groups is 2. The number of aryl methyl sites for hydroxylation is 1. The van der Waals surface area contributed by atoms with Crippen LogP contribution in [-0.2, 0) is 11.8 Å². The van der Waals surface area contributed by atoms with E-state index in [1.54, 1.807) is 40.6 Å². The van der Waals surface area contributed by atoms with Gasteiger partial charge in [-0.25, -0.2) is 4.79 Å². The highest BCUT2D eigenvalue weighted by Gasteiger charge is 2.18. The molecular formula is C18H18N4O3. The molecule has 0 radical (unpaired) electrons. The number of ether oxygens (including phenoxy) is 1. The molecular weight excluding hydrogens is 320 g/mol. The van der Waals surface area contributed by atoms with Gasteiger partial charge in [0, 0.05) is 25.0 Å². The Hall–Kier alpha value is -3.35. The van der Waals surface area contributed by atoms with Crippen molar-refractivity contribution in [2.24, 2.45) is 7.05 Å². The Morgan fingerprint density at radius 3 is 2.56 bits per heavy atom. The molecule has 2 heterocycles. The second kappa shape index (κ2) is 7.48. The lowest BCUT2D eigenvalue weighted by atomic mass is 10.2. The molecule has 1 N–H and O–H groups in total. The Morgan fingerprint density at radius 1 is 1.12 bits per heavy atom. The zero-order chi connectivity index (χ0) is 17.6. The van der Waals surface area contributed by atoms with Crippen LogP contribution < -0.4 is 5.32 Å². The minimum atomic E-state index is -0.481. The molecule has 128 valence electrons. The lowest BCUT2D eigenvalue weighted by Crippen LogP contribution is -2.28. The summed E-state index contributed by atoms with van der Waals surface area (Å²) in [7, 11) is 1.76. The van der Waals surface area contributed by atoms with Crippen molar-refractivity contribution in [2.45, 2.75) is 0 Å². The van der Waals surface area contributed by atoms with Gasteiger partial charge in [0.1, 0.15) is 18.0 Å². The van der Waals surface area contributed by atoms with E-state index in [0.29, 0.717) is 16.9 Å². The van der Waals surface area contributed by atoms with Crippen molar-refractivity contribution in [1.29, 1.82) is 0 Å². The monoisotopic (exact) mass is 338 g/mol. The van der Waals surface area contributed by atoms with Crippen LogP contribution in [0.15, 0.2) is 61.1 Å². The van der Waals surface area contributed by atoms with Gasteiger partial charge in [0.15, 0.2) is 0 Å². The molecule has 0 aliphatic rings. The molecule has 7 nitrogen and oxygen atoms in total. The maximum atomic E-state index is 12.3.